The highest BCUT2D eigenvalue weighted by molar-refractivity contribution is 5.77. The van der Waals surface area contributed by atoms with Crippen LogP contribution in [0.15, 0.2) is 47.0 Å². The second-order valence-electron chi connectivity index (χ2n) is 4.88. The van der Waals surface area contributed by atoms with E-state index in [1.807, 2.05) is 31.2 Å². The van der Waals surface area contributed by atoms with Crippen molar-refractivity contribution in [3.63, 3.8) is 0 Å². The van der Waals surface area contributed by atoms with Crippen molar-refractivity contribution in [2.45, 2.75) is 26.4 Å². The molecule has 20 heavy (non-hydrogen) atoms. The van der Waals surface area contributed by atoms with Gasteiger partial charge < -0.3 is 9.73 Å². The van der Waals surface area contributed by atoms with Gasteiger partial charge >= 0.3 is 0 Å². The molecule has 4 heteroatoms. The molecule has 0 aliphatic carbocycles. The van der Waals surface area contributed by atoms with Gasteiger partial charge in [-0.3, -0.25) is 0 Å². The van der Waals surface area contributed by atoms with Crippen LogP contribution < -0.4 is 5.32 Å². The third-order valence-electron chi connectivity index (χ3n) is 3.29. The molecule has 4 nitrogen and oxygen atoms in total. The number of hydrogen-bond acceptors (Lipinski definition) is 4. The Morgan fingerprint density at radius 1 is 1.25 bits per heavy atom. The van der Waals surface area contributed by atoms with E-state index in [-0.39, 0.29) is 6.04 Å². The maximum atomic E-state index is 5.85. The van der Waals surface area contributed by atoms with Crippen LogP contribution in [-0.4, -0.2) is 9.97 Å². The summed E-state index contributed by atoms with van der Waals surface area (Å²) in [6.45, 7) is 4.68. The van der Waals surface area contributed by atoms with Gasteiger partial charge in [-0.2, -0.15) is 0 Å². The zero-order valence-corrected chi connectivity index (χ0v) is 11.6. The molecule has 3 rings (SSSR count). The first kappa shape index (κ1) is 12.8. The molecule has 0 spiro atoms. The Labute approximate surface area is 117 Å². The van der Waals surface area contributed by atoms with Crippen LogP contribution in [0.25, 0.3) is 11.0 Å². The maximum Gasteiger partial charge on any atom is 0.134 e. The molecule has 1 aromatic carbocycles. The van der Waals surface area contributed by atoms with Crippen LogP contribution in [0.2, 0.25) is 0 Å². The number of benzene rings is 1. The Morgan fingerprint density at radius 2 is 2.10 bits per heavy atom. The van der Waals surface area contributed by atoms with Crippen LogP contribution in [-0.2, 0) is 6.54 Å². The highest BCUT2D eigenvalue weighted by atomic mass is 16.3. The first-order valence-corrected chi connectivity index (χ1v) is 6.73. The minimum Gasteiger partial charge on any atom is -0.459 e. The van der Waals surface area contributed by atoms with Crippen molar-refractivity contribution in [1.82, 2.24) is 15.3 Å². The summed E-state index contributed by atoms with van der Waals surface area (Å²) in [4.78, 5) is 8.47. The molecule has 1 unspecified atom stereocenters. The van der Waals surface area contributed by atoms with Gasteiger partial charge in [0.1, 0.15) is 17.2 Å². The molecule has 0 bridgehead atoms. The number of fused-ring (bicyclic) bond motifs is 1. The lowest BCUT2D eigenvalue weighted by molar-refractivity contribution is 0.448. The Kier molecular flexibility index (Phi) is 3.48. The first-order valence-electron chi connectivity index (χ1n) is 6.73. The molecular weight excluding hydrogens is 250 g/mol. The van der Waals surface area contributed by atoms with Gasteiger partial charge in [-0.05, 0) is 32.0 Å². The molecule has 0 saturated carbocycles. The molecule has 0 amide bonds. The van der Waals surface area contributed by atoms with Gasteiger partial charge in [-0.15, -0.1) is 0 Å². The Balaban J connectivity index is 1.71. The molecule has 102 valence electrons. The van der Waals surface area contributed by atoms with Crippen molar-refractivity contribution in [1.29, 1.82) is 0 Å². The highest BCUT2D eigenvalue weighted by Crippen LogP contribution is 2.23. The number of aryl methyl sites for hydroxylation is 1. The second kappa shape index (κ2) is 5.43. The van der Waals surface area contributed by atoms with E-state index in [0.717, 1.165) is 28.2 Å². The van der Waals surface area contributed by atoms with E-state index < -0.39 is 0 Å². The van der Waals surface area contributed by atoms with Gasteiger partial charge in [0.05, 0.1) is 11.7 Å². The molecule has 2 aromatic heterocycles. The highest BCUT2D eigenvalue weighted by Gasteiger charge is 2.11. The Bertz CT molecular complexity index is 687. The molecule has 0 aliphatic heterocycles. The summed E-state index contributed by atoms with van der Waals surface area (Å²) in [5, 5.41) is 4.55. The largest absolute Gasteiger partial charge is 0.459 e. The van der Waals surface area contributed by atoms with Crippen LogP contribution in [0.5, 0.6) is 0 Å². The SMILES string of the molecule is Cc1nccc(CNC(C)c2cc3ccccc3o2)n1. The zero-order valence-electron chi connectivity index (χ0n) is 11.6. The normalized spacial score (nSPS) is 12.7. The molecule has 0 saturated heterocycles. The number of nitrogens with zero attached hydrogens (tertiary/aromatic N) is 2. The molecule has 1 atom stereocenters. The van der Waals surface area contributed by atoms with Crippen LogP contribution >= 0.6 is 0 Å². The summed E-state index contributed by atoms with van der Waals surface area (Å²) in [7, 11) is 0. The van der Waals surface area contributed by atoms with E-state index in [0.29, 0.717) is 6.54 Å². The fraction of sp³-hybridized carbons (Fsp3) is 0.250. The summed E-state index contributed by atoms with van der Waals surface area (Å²) >= 11 is 0. The van der Waals surface area contributed by atoms with E-state index in [2.05, 4.69) is 34.3 Å². The second-order valence-corrected chi connectivity index (χ2v) is 4.88. The van der Waals surface area contributed by atoms with Crippen LogP contribution in [0.4, 0.5) is 0 Å². The lowest BCUT2D eigenvalue weighted by atomic mass is 10.2. The Hall–Kier alpha value is -2.20. The number of furan rings is 1. The van der Waals surface area contributed by atoms with E-state index >= 15 is 0 Å². The van der Waals surface area contributed by atoms with Gasteiger partial charge in [-0.25, -0.2) is 9.97 Å². The summed E-state index contributed by atoms with van der Waals surface area (Å²) in [5.41, 5.74) is 1.91. The molecule has 0 fully saturated rings. The molecule has 0 aliphatic rings. The minimum absolute atomic E-state index is 0.137. The van der Waals surface area contributed by atoms with Crippen LogP contribution in [0, 0.1) is 6.92 Å². The first-order chi connectivity index (χ1) is 9.72. The predicted octanol–water partition coefficient (Wildman–Crippen LogP) is 3.38. The average Bonchev–Trinajstić information content (AvgIpc) is 2.89. The van der Waals surface area contributed by atoms with E-state index in [1.54, 1.807) is 6.20 Å². The summed E-state index contributed by atoms with van der Waals surface area (Å²) in [6.07, 6.45) is 1.78. The van der Waals surface area contributed by atoms with E-state index in [1.165, 1.54) is 0 Å². The quantitative estimate of drug-likeness (QED) is 0.787. The van der Waals surface area contributed by atoms with Crippen molar-refractivity contribution in [2.24, 2.45) is 0 Å². The summed E-state index contributed by atoms with van der Waals surface area (Å²) in [5.74, 6) is 1.73. The van der Waals surface area contributed by atoms with E-state index in [4.69, 9.17) is 4.42 Å². The number of hydrogen-bond donors (Lipinski definition) is 1. The van der Waals surface area contributed by atoms with Crippen molar-refractivity contribution in [3.8, 4) is 0 Å². The average molecular weight is 267 g/mol. The summed E-state index contributed by atoms with van der Waals surface area (Å²) < 4.78 is 5.85. The molecule has 1 N–H and O–H groups in total. The van der Waals surface area contributed by atoms with Gasteiger partial charge in [0, 0.05) is 18.1 Å². The van der Waals surface area contributed by atoms with Gasteiger partial charge in [0.25, 0.3) is 0 Å². The predicted molar refractivity (Wildman–Crippen MR) is 78.2 cm³/mol. The lowest BCUT2D eigenvalue weighted by Gasteiger charge is -2.10. The molecule has 0 radical (unpaired) electrons. The third kappa shape index (κ3) is 2.70. The molecular formula is C16H17N3O. The van der Waals surface area contributed by atoms with Crippen LogP contribution in [0.1, 0.15) is 30.2 Å². The lowest BCUT2D eigenvalue weighted by Crippen LogP contribution is -2.18. The van der Waals surface area contributed by atoms with Crippen molar-refractivity contribution in [2.75, 3.05) is 0 Å². The molecule has 3 aromatic rings. The number of para-hydroxylation sites is 1. The zero-order chi connectivity index (χ0) is 13.9. The molecule has 2 heterocycles. The maximum absolute atomic E-state index is 5.85. The number of nitrogens with one attached hydrogen (secondary N) is 1. The van der Waals surface area contributed by atoms with Crippen LogP contribution in [0.3, 0.4) is 0 Å². The third-order valence-corrected chi connectivity index (χ3v) is 3.29. The smallest absolute Gasteiger partial charge is 0.134 e. The Morgan fingerprint density at radius 3 is 2.90 bits per heavy atom. The number of aromatic nitrogens is 2. The topological polar surface area (TPSA) is 51.0 Å². The fourth-order valence-electron chi connectivity index (χ4n) is 2.18. The standard InChI is InChI=1S/C16H17N3O/c1-11(18-10-14-7-8-17-12(2)19-14)16-9-13-5-3-4-6-15(13)20-16/h3-9,11,18H,10H2,1-2H3. The van der Waals surface area contributed by atoms with Crippen molar-refractivity contribution < 1.29 is 4.42 Å². The van der Waals surface area contributed by atoms with Crippen molar-refractivity contribution in [3.05, 3.63) is 59.9 Å². The number of rotatable bonds is 4. The summed E-state index contributed by atoms with van der Waals surface area (Å²) in [6, 6.07) is 12.2. The van der Waals surface area contributed by atoms with E-state index in [9.17, 15) is 0 Å². The fourth-order valence-corrected chi connectivity index (χ4v) is 2.18. The van der Waals surface area contributed by atoms with Crippen molar-refractivity contribution >= 4 is 11.0 Å². The monoisotopic (exact) mass is 267 g/mol. The van der Waals surface area contributed by atoms with Gasteiger partial charge in [-0.1, -0.05) is 18.2 Å². The minimum atomic E-state index is 0.137. The van der Waals surface area contributed by atoms with Gasteiger partial charge in [0.15, 0.2) is 0 Å². The van der Waals surface area contributed by atoms with Gasteiger partial charge in [0.2, 0.25) is 0 Å².